The maximum atomic E-state index is 13.8. The first kappa shape index (κ1) is 38.2. The molecule has 2 fully saturated rings. The van der Waals surface area contributed by atoms with E-state index in [0.717, 1.165) is 36.4 Å². The van der Waals surface area contributed by atoms with Crippen LogP contribution in [0.2, 0.25) is 0 Å². The molecule has 0 saturated carbocycles. The van der Waals surface area contributed by atoms with Gasteiger partial charge in [0.05, 0.1) is 18.3 Å². The molecule has 1 aromatic heterocycles. The van der Waals surface area contributed by atoms with Crippen molar-refractivity contribution in [1.29, 1.82) is 0 Å². The lowest BCUT2D eigenvalue weighted by atomic mass is 9.98. The molecular formula is C34H34O20. The van der Waals surface area contributed by atoms with Crippen molar-refractivity contribution in [2.45, 2.75) is 68.3 Å². The molecule has 10 atom stereocenters. The smallest absolute Gasteiger partial charge is 0.338 e. The maximum absolute atomic E-state index is 13.8. The third-order valence-corrected chi connectivity index (χ3v) is 8.82. The number of rotatable bonds is 8. The van der Waals surface area contributed by atoms with Gasteiger partial charge in [-0.2, -0.15) is 0 Å². The van der Waals surface area contributed by atoms with E-state index in [1.807, 2.05) is 0 Å². The number of carbonyl (C=O) groups excluding carboxylic acids is 1. The standard InChI is InChI=1S/C34H34O20/c1-10-22(41)27(46)31(53-32(48)12-5-17(39)23(42)18(40)6-12)34(50-10)49-9-20-24(43)26(45)28(47)33(52-20)54-30-25(44)21-16(38)7-13(35)8-19(21)51-29(30)11-2-3-14(36)15(37)4-11/h2-8,10,20,22,24,26-28,31,33-43,45-47H,9H2,1H3/t10-,20+,22-,24+,26-,27+,28+,31+,33-,34+/m0/s1. The second kappa shape index (κ2) is 14.7. The Morgan fingerprint density at radius 2 is 1.41 bits per heavy atom. The first-order valence-corrected chi connectivity index (χ1v) is 16.0. The molecule has 54 heavy (non-hydrogen) atoms. The number of benzene rings is 3. The highest BCUT2D eigenvalue weighted by molar-refractivity contribution is 5.91. The molecule has 4 aromatic rings. The van der Waals surface area contributed by atoms with Crippen LogP contribution in [0.15, 0.2) is 51.7 Å². The molecule has 3 heterocycles. The van der Waals surface area contributed by atoms with Gasteiger partial charge in [0.25, 0.3) is 0 Å². The molecule has 12 N–H and O–H groups in total. The maximum Gasteiger partial charge on any atom is 0.338 e. The van der Waals surface area contributed by atoms with Gasteiger partial charge < -0.3 is 89.4 Å². The number of hydrogen-bond acceptors (Lipinski definition) is 20. The van der Waals surface area contributed by atoms with Crippen LogP contribution >= 0.6 is 0 Å². The number of phenolic OH excluding ortho intramolecular Hbond substituents is 7. The quantitative estimate of drug-likeness (QED) is 0.0779. The molecule has 0 unspecified atom stereocenters. The van der Waals surface area contributed by atoms with Crippen LogP contribution in [0.5, 0.6) is 46.0 Å². The topological polar surface area (TPSA) is 336 Å². The Kier molecular flexibility index (Phi) is 10.4. The fraction of sp³-hybridized carbons (Fsp3) is 0.353. The van der Waals surface area contributed by atoms with Gasteiger partial charge in [0, 0.05) is 17.7 Å². The van der Waals surface area contributed by atoms with Crippen molar-refractivity contribution in [2.24, 2.45) is 0 Å². The second-order valence-electron chi connectivity index (χ2n) is 12.5. The number of fused-ring (bicyclic) bond motifs is 1. The molecule has 0 amide bonds. The summed E-state index contributed by atoms with van der Waals surface area (Å²) in [5.41, 5.74) is -2.01. The molecule has 20 nitrogen and oxygen atoms in total. The number of aromatic hydroxyl groups is 7. The average Bonchev–Trinajstić information content (AvgIpc) is 3.12. The molecule has 290 valence electrons. The lowest BCUT2D eigenvalue weighted by Gasteiger charge is -2.43. The van der Waals surface area contributed by atoms with Crippen LogP contribution < -0.4 is 10.2 Å². The van der Waals surface area contributed by atoms with Crippen molar-refractivity contribution in [3.05, 3.63) is 58.3 Å². The van der Waals surface area contributed by atoms with E-state index in [9.17, 15) is 70.9 Å². The van der Waals surface area contributed by atoms with Crippen molar-refractivity contribution in [1.82, 2.24) is 0 Å². The Bertz CT molecular complexity index is 2090. The molecular weight excluding hydrogens is 728 g/mol. The molecule has 3 aromatic carbocycles. The Balaban J connectivity index is 1.28. The lowest BCUT2D eigenvalue weighted by molar-refractivity contribution is -0.318. The third-order valence-electron chi connectivity index (χ3n) is 8.82. The van der Waals surface area contributed by atoms with Crippen LogP contribution in [-0.2, 0) is 18.9 Å². The Morgan fingerprint density at radius 3 is 2.07 bits per heavy atom. The van der Waals surface area contributed by atoms with Gasteiger partial charge in [-0.3, -0.25) is 4.79 Å². The van der Waals surface area contributed by atoms with E-state index in [2.05, 4.69) is 0 Å². The Labute approximate surface area is 301 Å². The largest absolute Gasteiger partial charge is 0.508 e. The van der Waals surface area contributed by atoms with Gasteiger partial charge in [0.1, 0.15) is 59.1 Å². The number of aliphatic hydroxyl groups is 5. The molecule has 2 saturated heterocycles. The highest BCUT2D eigenvalue weighted by Crippen LogP contribution is 2.40. The van der Waals surface area contributed by atoms with Crippen molar-refractivity contribution in [3.8, 4) is 57.3 Å². The first-order valence-electron chi connectivity index (χ1n) is 16.0. The molecule has 0 bridgehead atoms. The molecule has 0 radical (unpaired) electrons. The summed E-state index contributed by atoms with van der Waals surface area (Å²) in [6.45, 7) is 0.568. The van der Waals surface area contributed by atoms with Gasteiger partial charge in [0.15, 0.2) is 46.9 Å². The van der Waals surface area contributed by atoms with Gasteiger partial charge in [-0.1, -0.05) is 0 Å². The summed E-state index contributed by atoms with van der Waals surface area (Å²) in [4.78, 5) is 26.7. The highest BCUT2D eigenvalue weighted by atomic mass is 16.7. The third kappa shape index (κ3) is 7.07. The normalized spacial score (nSPS) is 28.5. The van der Waals surface area contributed by atoms with Crippen LogP contribution in [0.1, 0.15) is 17.3 Å². The Morgan fingerprint density at radius 1 is 0.722 bits per heavy atom. The van der Waals surface area contributed by atoms with Crippen molar-refractivity contribution < 1.29 is 94.2 Å². The molecule has 0 spiro atoms. The van der Waals surface area contributed by atoms with Gasteiger partial charge in [-0.15, -0.1) is 0 Å². The summed E-state index contributed by atoms with van der Waals surface area (Å²) >= 11 is 0. The summed E-state index contributed by atoms with van der Waals surface area (Å²) < 4.78 is 33.7. The first-order chi connectivity index (χ1) is 25.5. The van der Waals surface area contributed by atoms with Gasteiger partial charge >= 0.3 is 5.97 Å². The summed E-state index contributed by atoms with van der Waals surface area (Å²) in [6, 6.07) is 6.56. The SMILES string of the molecule is C[C@@H]1O[C@@H](OC[C@H]2O[C@@H](Oc3c(-c4ccc(O)c(O)c4)oc4cc(O)cc(O)c4c3=O)[C@H](O)[C@@H](O)[C@@H]2O)[C@H](OC(=O)c2cc(O)c(O)c(O)c2)[C@H](O)[C@H]1O. The zero-order valence-electron chi connectivity index (χ0n) is 27.7. The van der Waals surface area contributed by atoms with Crippen molar-refractivity contribution in [2.75, 3.05) is 6.61 Å². The minimum Gasteiger partial charge on any atom is -0.508 e. The number of aliphatic hydroxyl groups excluding tert-OH is 5. The van der Waals surface area contributed by atoms with Crippen LogP contribution in [0.3, 0.4) is 0 Å². The predicted molar refractivity (Wildman–Crippen MR) is 175 cm³/mol. The van der Waals surface area contributed by atoms with E-state index < -0.39 is 142 Å². The van der Waals surface area contributed by atoms with Crippen molar-refractivity contribution >= 4 is 16.9 Å². The summed E-state index contributed by atoms with van der Waals surface area (Å²) in [5.74, 6) is -7.60. The molecule has 6 rings (SSSR count). The van der Waals surface area contributed by atoms with Crippen LogP contribution in [-0.4, -0.2) is 135 Å². The van der Waals surface area contributed by atoms with E-state index in [0.29, 0.717) is 0 Å². The molecule has 0 aliphatic carbocycles. The summed E-state index contributed by atoms with van der Waals surface area (Å²) in [5, 5.41) is 123. The molecule has 2 aliphatic rings. The van der Waals surface area contributed by atoms with Gasteiger partial charge in [-0.25, -0.2) is 4.79 Å². The summed E-state index contributed by atoms with van der Waals surface area (Å²) in [7, 11) is 0. The van der Waals surface area contributed by atoms with E-state index in [4.69, 9.17) is 28.1 Å². The Hall–Kier alpha value is -5.58. The molecule has 20 heteroatoms. The van der Waals surface area contributed by atoms with E-state index in [-0.39, 0.29) is 11.1 Å². The van der Waals surface area contributed by atoms with Gasteiger partial charge in [0.2, 0.25) is 17.5 Å². The van der Waals surface area contributed by atoms with E-state index in [1.165, 1.54) is 13.0 Å². The fourth-order valence-electron chi connectivity index (χ4n) is 5.86. The van der Waals surface area contributed by atoms with Gasteiger partial charge in [-0.05, 0) is 37.3 Å². The fourth-order valence-corrected chi connectivity index (χ4v) is 5.86. The zero-order valence-corrected chi connectivity index (χ0v) is 27.7. The van der Waals surface area contributed by atoms with E-state index >= 15 is 0 Å². The minimum atomic E-state index is -2.07. The van der Waals surface area contributed by atoms with E-state index in [1.54, 1.807) is 0 Å². The second-order valence-corrected chi connectivity index (χ2v) is 12.5. The number of ether oxygens (including phenoxy) is 5. The zero-order chi connectivity index (χ0) is 39.3. The van der Waals surface area contributed by atoms with Crippen LogP contribution in [0, 0.1) is 0 Å². The number of phenols is 7. The van der Waals surface area contributed by atoms with Crippen LogP contribution in [0.4, 0.5) is 0 Å². The average molecular weight is 763 g/mol. The lowest BCUT2D eigenvalue weighted by Crippen LogP contribution is -2.62. The highest BCUT2D eigenvalue weighted by Gasteiger charge is 2.49. The predicted octanol–water partition coefficient (Wildman–Crippen LogP) is -0.706. The van der Waals surface area contributed by atoms with Crippen LogP contribution in [0.25, 0.3) is 22.3 Å². The monoisotopic (exact) mass is 762 g/mol. The minimum absolute atomic E-state index is 0.0875. The number of hydrogen-bond donors (Lipinski definition) is 12. The van der Waals surface area contributed by atoms with Crippen molar-refractivity contribution in [3.63, 3.8) is 0 Å². The number of carbonyl (C=O) groups is 1. The summed E-state index contributed by atoms with van der Waals surface area (Å²) in [6.07, 6.45) is -17.8. The number of esters is 1. The molecule has 2 aliphatic heterocycles.